The number of aliphatic hydroxyl groups excluding tert-OH is 2. The number of pyridine rings is 1. The number of nitrogens with one attached hydrogen (secondary N) is 1. The minimum Gasteiger partial charge on any atom is -0.491 e. The highest BCUT2D eigenvalue weighted by molar-refractivity contribution is 6.08. The number of fused-ring (bicyclic) bond motifs is 1. The topological polar surface area (TPSA) is 96.1 Å². The Morgan fingerprint density at radius 3 is 2.85 bits per heavy atom. The van der Waals surface area contributed by atoms with E-state index in [1.54, 1.807) is 59.3 Å². The molecule has 7 nitrogen and oxygen atoms in total. The van der Waals surface area contributed by atoms with Crippen molar-refractivity contribution in [1.82, 2.24) is 9.38 Å². The Labute approximate surface area is 192 Å². The van der Waals surface area contributed by atoms with Crippen molar-refractivity contribution in [2.24, 2.45) is 0 Å². The van der Waals surface area contributed by atoms with Crippen LogP contribution in [0, 0.1) is 0 Å². The van der Waals surface area contributed by atoms with Gasteiger partial charge in [-0.1, -0.05) is 12.1 Å². The number of rotatable bonds is 7. The number of aromatic nitrogens is 2. The Hall–Kier alpha value is -3.63. The normalized spacial score (nSPS) is 15.0. The number of anilines is 1. The van der Waals surface area contributed by atoms with Gasteiger partial charge in [0.25, 0.3) is 5.91 Å². The van der Waals surface area contributed by atoms with Gasteiger partial charge in [-0.05, 0) is 48.8 Å². The number of aliphatic hydroxyl groups is 2. The Morgan fingerprint density at radius 1 is 1.26 bits per heavy atom. The zero-order valence-corrected chi connectivity index (χ0v) is 17.9. The van der Waals surface area contributed by atoms with E-state index in [9.17, 15) is 23.1 Å². The predicted molar refractivity (Wildman–Crippen MR) is 120 cm³/mol. The van der Waals surface area contributed by atoms with Crippen molar-refractivity contribution >= 4 is 22.8 Å². The summed E-state index contributed by atoms with van der Waals surface area (Å²) in [7, 11) is 0. The highest BCUT2D eigenvalue weighted by atomic mass is 19.4. The third-order valence-corrected chi connectivity index (χ3v) is 5.24. The molecule has 1 aliphatic carbocycles. The first kappa shape index (κ1) is 23.5. The van der Waals surface area contributed by atoms with Crippen molar-refractivity contribution in [1.29, 1.82) is 0 Å². The Kier molecular flexibility index (Phi) is 6.71. The molecule has 10 heteroatoms. The van der Waals surface area contributed by atoms with Gasteiger partial charge in [-0.2, -0.15) is 13.2 Å². The van der Waals surface area contributed by atoms with E-state index in [4.69, 9.17) is 9.84 Å². The summed E-state index contributed by atoms with van der Waals surface area (Å²) in [6, 6.07) is 9.74. The van der Waals surface area contributed by atoms with Gasteiger partial charge < -0.3 is 24.7 Å². The van der Waals surface area contributed by atoms with Crippen LogP contribution in [0.1, 0.15) is 28.9 Å². The summed E-state index contributed by atoms with van der Waals surface area (Å²) in [6.07, 6.45) is 0.839. The summed E-state index contributed by atoms with van der Waals surface area (Å²) in [5.74, 6) is -0.0671. The van der Waals surface area contributed by atoms with Crippen molar-refractivity contribution in [3.63, 3.8) is 0 Å². The molecule has 178 valence electrons. The molecule has 0 saturated carbocycles. The van der Waals surface area contributed by atoms with E-state index in [2.05, 4.69) is 10.3 Å². The summed E-state index contributed by atoms with van der Waals surface area (Å²) in [5.41, 5.74) is 1.09. The van der Waals surface area contributed by atoms with E-state index in [1.807, 2.05) is 0 Å². The second-order valence-electron chi connectivity index (χ2n) is 7.77. The number of hydrogen-bond donors (Lipinski definition) is 3. The smallest absolute Gasteiger partial charge is 0.412 e. The zero-order valence-electron chi connectivity index (χ0n) is 17.9. The van der Waals surface area contributed by atoms with Gasteiger partial charge in [0.15, 0.2) is 0 Å². The molecule has 3 aromatic rings. The van der Waals surface area contributed by atoms with E-state index < -0.39 is 30.4 Å². The standard InChI is InChI=1S/C24H22F3N3O4/c25-24(26,27)16-5-1-4-15(10-16)21-12-30-9-3-8-20(22(30)29-21)23(33)28-17-6-2-7-19(11-17)34-14-18(32)13-31/h2-4,6-12,18,31-32H,1,5,13-14H2,(H,28,33). The average Bonchev–Trinajstić information content (AvgIpc) is 3.27. The van der Waals surface area contributed by atoms with Gasteiger partial charge >= 0.3 is 6.18 Å². The molecule has 2 aromatic heterocycles. The first-order valence-electron chi connectivity index (χ1n) is 10.5. The molecule has 1 aliphatic rings. The van der Waals surface area contributed by atoms with Gasteiger partial charge in [0, 0.05) is 29.7 Å². The molecule has 0 spiro atoms. The van der Waals surface area contributed by atoms with Crippen LogP contribution in [0.4, 0.5) is 18.9 Å². The van der Waals surface area contributed by atoms with Gasteiger partial charge in [0.2, 0.25) is 0 Å². The van der Waals surface area contributed by atoms with E-state index in [1.165, 1.54) is 0 Å². The van der Waals surface area contributed by atoms with Crippen molar-refractivity contribution in [3.8, 4) is 5.75 Å². The molecule has 0 bridgehead atoms. The monoisotopic (exact) mass is 473 g/mol. The first-order valence-corrected chi connectivity index (χ1v) is 10.5. The SMILES string of the molecule is O=C(Nc1cccc(OCC(O)CO)c1)c1cccn2cc(C3=CCCC(C(F)(F)F)=C3)nc12. The van der Waals surface area contributed by atoms with Crippen molar-refractivity contribution in [3.05, 3.63) is 77.8 Å². The highest BCUT2D eigenvalue weighted by Crippen LogP contribution is 2.35. The summed E-state index contributed by atoms with van der Waals surface area (Å²) in [5, 5.41) is 21.0. The maximum absolute atomic E-state index is 13.1. The van der Waals surface area contributed by atoms with Crippen LogP contribution < -0.4 is 10.1 Å². The molecule has 4 rings (SSSR count). The van der Waals surface area contributed by atoms with Crippen LogP contribution in [0.2, 0.25) is 0 Å². The minimum atomic E-state index is -4.39. The van der Waals surface area contributed by atoms with E-state index in [0.717, 1.165) is 6.08 Å². The lowest BCUT2D eigenvalue weighted by molar-refractivity contribution is -0.0939. The molecule has 34 heavy (non-hydrogen) atoms. The maximum atomic E-state index is 13.1. The molecule has 0 saturated heterocycles. The number of benzene rings is 1. The van der Waals surface area contributed by atoms with Crippen LogP contribution in [0.25, 0.3) is 11.2 Å². The van der Waals surface area contributed by atoms with E-state index >= 15 is 0 Å². The quantitative estimate of drug-likeness (QED) is 0.483. The number of hydrogen-bond acceptors (Lipinski definition) is 5. The molecule has 1 amide bonds. The molecule has 1 unspecified atom stereocenters. The van der Waals surface area contributed by atoms with Gasteiger partial charge in [-0.15, -0.1) is 0 Å². The summed E-state index contributed by atoms with van der Waals surface area (Å²) < 4.78 is 46.4. The predicted octanol–water partition coefficient (Wildman–Crippen LogP) is 3.98. The molecular weight excluding hydrogens is 451 g/mol. The van der Waals surface area contributed by atoms with E-state index in [0.29, 0.717) is 28.4 Å². The molecular formula is C24H22F3N3O4. The van der Waals surface area contributed by atoms with Crippen molar-refractivity contribution in [2.45, 2.75) is 25.1 Å². The van der Waals surface area contributed by atoms with Crippen molar-refractivity contribution < 1.29 is 32.9 Å². The molecule has 1 atom stereocenters. The summed E-state index contributed by atoms with van der Waals surface area (Å²) >= 11 is 0. The first-order chi connectivity index (χ1) is 16.2. The van der Waals surface area contributed by atoms with Crippen LogP contribution in [0.5, 0.6) is 5.75 Å². The fourth-order valence-corrected chi connectivity index (χ4v) is 3.54. The molecule has 0 fully saturated rings. The molecule has 3 N–H and O–H groups in total. The van der Waals surface area contributed by atoms with Crippen LogP contribution in [0.3, 0.4) is 0 Å². The third kappa shape index (κ3) is 5.29. The van der Waals surface area contributed by atoms with Gasteiger partial charge in [-0.3, -0.25) is 4.79 Å². The fraction of sp³-hybridized carbons (Fsp3) is 0.250. The zero-order chi connectivity index (χ0) is 24.3. The lowest BCUT2D eigenvalue weighted by atomic mass is 9.97. The average molecular weight is 473 g/mol. The number of alkyl halides is 3. The maximum Gasteiger partial charge on any atom is 0.412 e. The number of carbonyl (C=O) groups is 1. The minimum absolute atomic E-state index is 0.0736. The van der Waals surface area contributed by atoms with Gasteiger partial charge in [0.05, 0.1) is 17.9 Å². The third-order valence-electron chi connectivity index (χ3n) is 5.24. The Morgan fingerprint density at radius 2 is 2.09 bits per heavy atom. The number of allylic oxidation sites excluding steroid dienone is 4. The largest absolute Gasteiger partial charge is 0.491 e. The summed E-state index contributed by atoms with van der Waals surface area (Å²) in [6.45, 7) is -0.540. The van der Waals surface area contributed by atoms with Crippen LogP contribution in [-0.4, -0.2) is 51.0 Å². The molecule has 0 radical (unpaired) electrons. The fourth-order valence-electron chi connectivity index (χ4n) is 3.54. The number of imidazole rings is 1. The second-order valence-corrected chi connectivity index (χ2v) is 7.77. The number of carbonyl (C=O) groups excluding carboxylic acids is 1. The van der Waals surface area contributed by atoms with Crippen LogP contribution in [-0.2, 0) is 0 Å². The van der Waals surface area contributed by atoms with Crippen LogP contribution >= 0.6 is 0 Å². The number of nitrogens with zero attached hydrogens (tertiary/aromatic N) is 2. The summed E-state index contributed by atoms with van der Waals surface area (Å²) in [4.78, 5) is 17.4. The number of ether oxygens (including phenoxy) is 1. The second kappa shape index (κ2) is 9.70. The van der Waals surface area contributed by atoms with Gasteiger partial charge in [-0.25, -0.2) is 4.98 Å². The lowest BCUT2D eigenvalue weighted by Crippen LogP contribution is -2.21. The van der Waals surface area contributed by atoms with Crippen molar-refractivity contribution in [2.75, 3.05) is 18.5 Å². The number of amides is 1. The molecule has 2 heterocycles. The lowest BCUT2D eigenvalue weighted by Gasteiger charge is -2.15. The highest BCUT2D eigenvalue weighted by Gasteiger charge is 2.34. The number of halogens is 3. The Bertz CT molecular complexity index is 1260. The molecule has 0 aliphatic heterocycles. The molecule has 1 aromatic carbocycles. The van der Waals surface area contributed by atoms with E-state index in [-0.39, 0.29) is 25.0 Å². The van der Waals surface area contributed by atoms with Gasteiger partial charge in [0.1, 0.15) is 24.1 Å². The van der Waals surface area contributed by atoms with Crippen LogP contribution in [0.15, 0.2) is 66.5 Å². The Balaban J connectivity index is 1.56.